The lowest BCUT2D eigenvalue weighted by molar-refractivity contribution is -0.139. The number of nitrogens with zero attached hydrogens (tertiary/aromatic N) is 1. The smallest absolute Gasteiger partial charge is 0.243 e. The minimum atomic E-state index is -0.682. The molecule has 0 bridgehead atoms. The van der Waals surface area contributed by atoms with Crippen molar-refractivity contribution in [2.75, 3.05) is 5.75 Å². The first-order valence-electron chi connectivity index (χ1n) is 12.4. The van der Waals surface area contributed by atoms with Gasteiger partial charge in [0, 0.05) is 24.8 Å². The highest BCUT2D eigenvalue weighted by Gasteiger charge is 2.30. The van der Waals surface area contributed by atoms with Crippen molar-refractivity contribution in [3.05, 3.63) is 107 Å². The molecule has 3 aromatic rings. The summed E-state index contributed by atoms with van der Waals surface area (Å²) in [6.45, 7) is 6.26. The van der Waals surface area contributed by atoms with Crippen LogP contribution in [0, 0.1) is 12.7 Å². The zero-order chi connectivity index (χ0) is 25.9. The standard InChI is InChI=1S/C30H35FN2O2S/c1-4-23(3)32-30(35)28(18-24-10-6-5-7-11-24)33(19-25-13-15-27(31)16-14-25)29(34)21-36-20-26-12-8-9-22(2)17-26/h5-17,23,28H,4,18-21H2,1-3H3,(H,32,35)/t23-,28+/m0/s1. The molecule has 36 heavy (non-hydrogen) atoms. The summed E-state index contributed by atoms with van der Waals surface area (Å²) in [7, 11) is 0. The molecule has 2 atom stereocenters. The lowest BCUT2D eigenvalue weighted by Gasteiger charge is -2.32. The SMILES string of the molecule is CC[C@H](C)NC(=O)[C@@H](Cc1ccccc1)N(Cc1ccc(F)cc1)C(=O)CSCc1cccc(C)c1. The van der Waals surface area contributed by atoms with Gasteiger partial charge in [-0.1, -0.05) is 79.2 Å². The molecule has 3 rings (SSSR count). The van der Waals surface area contributed by atoms with Crippen molar-refractivity contribution in [1.82, 2.24) is 10.2 Å². The van der Waals surface area contributed by atoms with E-state index in [1.54, 1.807) is 17.0 Å². The van der Waals surface area contributed by atoms with Crippen LogP contribution in [-0.4, -0.2) is 34.6 Å². The Kier molecular flexibility index (Phi) is 10.6. The summed E-state index contributed by atoms with van der Waals surface area (Å²) in [5, 5.41) is 3.07. The van der Waals surface area contributed by atoms with Crippen molar-refractivity contribution < 1.29 is 14.0 Å². The predicted octanol–water partition coefficient (Wildman–Crippen LogP) is 5.92. The van der Waals surface area contributed by atoms with Gasteiger partial charge < -0.3 is 10.2 Å². The number of halogens is 1. The highest BCUT2D eigenvalue weighted by molar-refractivity contribution is 7.99. The van der Waals surface area contributed by atoms with Gasteiger partial charge in [-0.3, -0.25) is 9.59 Å². The monoisotopic (exact) mass is 506 g/mol. The van der Waals surface area contributed by atoms with Gasteiger partial charge in [0.1, 0.15) is 11.9 Å². The van der Waals surface area contributed by atoms with Crippen LogP contribution in [0.2, 0.25) is 0 Å². The highest BCUT2D eigenvalue weighted by Crippen LogP contribution is 2.19. The maximum Gasteiger partial charge on any atom is 0.243 e. The topological polar surface area (TPSA) is 49.4 Å². The van der Waals surface area contributed by atoms with Crippen molar-refractivity contribution in [2.24, 2.45) is 0 Å². The zero-order valence-corrected chi connectivity index (χ0v) is 22.1. The molecule has 0 aromatic heterocycles. The molecular weight excluding hydrogens is 471 g/mol. The fourth-order valence-electron chi connectivity index (χ4n) is 3.92. The van der Waals surface area contributed by atoms with Crippen LogP contribution in [0.15, 0.2) is 78.9 Å². The second-order valence-electron chi connectivity index (χ2n) is 9.15. The number of aryl methyl sites for hydroxylation is 1. The van der Waals surface area contributed by atoms with Crippen LogP contribution < -0.4 is 5.32 Å². The maximum atomic E-state index is 13.6. The van der Waals surface area contributed by atoms with Gasteiger partial charge in [-0.2, -0.15) is 0 Å². The van der Waals surface area contributed by atoms with Crippen LogP contribution in [0.25, 0.3) is 0 Å². The molecule has 0 saturated carbocycles. The van der Waals surface area contributed by atoms with Gasteiger partial charge >= 0.3 is 0 Å². The molecule has 0 radical (unpaired) electrons. The summed E-state index contributed by atoms with van der Waals surface area (Å²) in [5.41, 5.74) is 4.10. The van der Waals surface area contributed by atoms with E-state index in [1.165, 1.54) is 29.5 Å². The van der Waals surface area contributed by atoms with Gasteiger partial charge in [0.25, 0.3) is 0 Å². The number of rotatable bonds is 12. The van der Waals surface area contributed by atoms with E-state index in [2.05, 4.69) is 17.4 Å². The van der Waals surface area contributed by atoms with Crippen LogP contribution in [-0.2, 0) is 28.3 Å². The summed E-state index contributed by atoms with van der Waals surface area (Å²) in [6.07, 6.45) is 1.20. The number of benzene rings is 3. The van der Waals surface area contributed by atoms with E-state index in [4.69, 9.17) is 0 Å². The van der Waals surface area contributed by atoms with Crippen molar-refractivity contribution in [3.8, 4) is 0 Å². The molecular formula is C30H35FN2O2S. The molecule has 2 amide bonds. The average Bonchev–Trinajstić information content (AvgIpc) is 2.87. The quantitative estimate of drug-likeness (QED) is 0.332. The molecule has 190 valence electrons. The first-order chi connectivity index (χ1) is 17.4. The molecule has 0 heterocycles. The van der Waals surface area contributed by atoms with E-state index in [0.717, 1.165) is 23.1 Å². The summed E-state index contributed by atoms with van der Waals surface area (Å²) in [5.74, 6) is 0.335. The van der Waals surface area contributed by atoms with Crippen LogP contribution >= 0.6 is 11.8 Å². The number of carbonyl (C=O) groups excluding carboxylic acids is 2. The molecule has 6 heteroatoms. The molecule has 0 aliphatic heterocycles. The van der Waals surface area contributed by atoms with E-state index in [9.17, 15) is 14.0 Å². The average molecular weight is 507 g/mol. The Balaban J connectivity index is 1.85. The second kappa shape index (κ2) is 13.8. The van der Waals surface area contributed by atoms with Gasteiger partial charge in [-0.05, 0) is 49.1 Å². The van der Waals surface area contributed by atoms with E-state index < -0.39 is 6.04 Å². The van der Waals surface area contributed by atoms with Gasteiger partial charge in [0.05, 0.1) is 5.75 Å². The number of amides is 2. The number of hydrogen-bond donors (Lipinski definition) is 1. The second-order valence-corrected chi connectivity index (χ2v) is 10.1. The Labute approximate surface area is 218 Å². The van der Waals surface area contributed by atoms with Crippen LogP contribution in [0.4, 0.5) is 4.39 Å². The number of nitrogens with one attached hydrogen (secondary N) is 1. The van der Waals surface area contributed by atoms with E-state index in [-0.39, 0.29) is 36.0 Å². The van der Waals surface area contributed by atoms with Gasteiger partial charge in [-0.15, -0.1) is 11.8 Å². The summed E-state index contributed by atoms with van der Waals surface area (Å²) in [6, 6.07) is 23.4. The Morgan fingerprint density at radius 3 is 2.31 bits per heavy atom. The first-order valence-corrected chi connectivity index (χ1v) is 13.5. The number of carbonyl (C=O) groups is 2. The lowest BCUT2D eigenvalue weighted by atomic mass is 10.0. The number of thioether (sulfide) groups is 1. The lowest BCUT2D eigenvalue weighted by Crippen LogP contribution is -2.52. The summed E-state index contributed by atoms with van der Waals surface area (Å²) in [4.78, 5) is 28.7. The van der Waals surface area contributed by atoms with Crippen LogP contribution in [0.3, 0.4) is 0 Å². The molecule has 0 fully saturated rings. The summed E-state index contributed by atoms with van der Waals surface area (Å²) >= 11 is 1.54. The fraction of sp³-hybridized carbons (Fsp3) is 0.333. The minimum absolute atomic E-state index is 0.00533. The minimum Gasteiger partial charge on any atom is -0.352 e. The van der Waals surface area contributed by atoms with Crippen LogP contribution in [0.1, 0.15) is 42.5 Å². The maximum absolute atomic E-state index is 13.6. The van der Waals surface area contributed by atoms with Gasteiger partial charge in [0.15, 0.2) is 0 Å². The Bertz CT molecular complexity index is 1120. The molecule has 4 nitrogen and oxygen atoms in total. The highest BCUT2D eigenvalue weighted by atomic mass is 32.2. The molecule has 3 aromatic carbocycles. The Morgan fingerprint density at radius 2 is 1.64 bits per heavy atom. The molecule has 1 N–H and O–H groups in total. The third-order valence-electron chi connectivity index (χ3n) is 6.12. The Morgan fingerprint density at radius 1 is 0.944 bits per heavy atom. The van der Waals surface area contributed by atoms with Crippen LogP contribution in [0.5, 0.6) is 0 Å². The zero-order valence-electron chi connectivity index (χ0n) is 21.2. The summed E-state index contributed by atoms with van der Waals surface area (Å²) < 4.78 is 13.5. The molecule has 0 aliphatic carbocycles. The van der Waals surface area contributed by atoms with Crippen molar-refractivity contribution in [3.63, 3.8) is 0 Å². The molecule has 0 spiro atoms. The van der Waals surface area contributed by atoms with E-state index >= 15 is 0 Å². The van der Waals surface area contributed by atoms with E-state index in [0.29, 0.717) is 12.2 Å². The van der Waals surface area contributed by atoms with Gasteiger partial charge in [0.2, 0.25) is 11.8 Å². The van der Waals surface area contributed by atoms with Crippen molar-refractivity contribution in [1.29, 1.82) is 0 Å². The normalized spacial score (nSPS) is 12.6. The third kappa shape index (κ3) is 8.52. The van der Waals surface area contributed by atoms with E-state index in [1.807, 2.05) is 63.2 Å². The predicted molar refractivity (Wildman–Crippen MR) is 146 cm³/mol. The van der Waals surface area contributed by atoms with Crippen molar-refractivity contribution >= 4 is 23.6 Å². The Hall–Kier alpha value is -3.12. The largest absolute Gasteiger partial charge is 0.352 e. The third-order valence-corrected chi connectivity index (χ3v) is 7.10. The first kappa shape index (κ1) is 27.5. The molecule has 0 aliphatic rings. The number of hydrogen-bond acceptors (Lipinski definition) is 3. The van der Waals surface area contributed by atoms with Crippen molar-refractivity contribution in [2.45, 2.75) is 58.0 Å². The van der Waals surface area contributed by atoms with Gasteiger partial charge in [-0.25, -0.2) is 4.39 Å². The molecule has 0 saturated heterocycles. The fourth-order valence-corrected chi connectivity index (χ4v) is 4.78. The molecule has 0 unspecified atom stereocenters.